The van der Waals surface area contributed by atoms with Gasteiger partial charge < -0.3 is 14.8 Å². The van der Waals surface area contributed by atoms with Crippen LogP contribution < -0.4 is 10.1 Å². The Hall–Kier alpha value is -1.64. The Kier molecular flexibility index (Phi) is 5.13. The Morgan fingerprint density at radius 2 is 2.32 bits per heavy atom. The number of aryl methyl sites for hydroxylation is 1. The van der Waals surface area contributed by atoms with E-state index in [0.29, 0.717) is 0 Å². The Balaban J connectivity index is 1.95. The van der Waals surface area contributed by atoms with E-state index in [1.165, 1.54) is 5.56 Å². The molecule has 19 heavy (non-hydrogen) atoms. The fourth-order valence-electron chi connectivity index (χ4n) is 2.07. The Labute approximate surface area is 115 Å². The van der Waals surface area contributed by atoms with Gasteiger partial charge in [0.15, 0.2) is 0 Å². The molecule has 1 atom stereocenters. The van der Waals surface area contributed by atoms with Crippen LogP contribution in [0.4, 0.5) is 5.69 Å². The zero-order chi connectivity index (χ0) is 13.5. The van der Waals surface area contributed by atoms with E-state index in [0.717, 1.165) is 43.9 Å². The van der Waals surface area contributed by atoms with Gasteiger partial charge in [0.25, 0.3) is 0 Å². The average Bonchev–Trinajstić information content (AvgIpc) is 2.45. The number of rotatable bonds is 6. The molecule has 1 aliphatic heterocycles. The molecule has 0 amide bonds. The van der Waals surface area contributed by atoms with Gasteiger partial charge in [-0.25, -0.2) is 0 Å². The molecule has 3 nitrogen and oxygen atoms in total. The van der Waals surface area contributed by atoms with Crippen molar-refractivity contribution in [2.24, 2.45) is 0 Å². The fourth-order valence-corrected chi connectivity index (χ4v) is 2.07. The number of anilines is 1. The summed E-state index contributed by atoms with van der Waals surface area (Å²) in [6.07, 6.45) is 7.31. The van der Waals surface area contributed by atoms with Crippen molar-refractivity contribution in [2.45, 2.75) is 39.2 Å². The van der Waals surface area contributed by atoms with Crippen LogP contribution in [0.25, 0.3) is 0 Å². The molecule has 1 N–H and O–H groups in total. The van der Waals surface area contributed by atoms with Gasteiger partial charge in [-0.05, 0) is 50.0 Å². The molecular weight excluding hydrogens is 238 g/mol. The molecule has 0 aliphatic carbocycles. The van der Waals surface area contributed by atoms with Crippen LogP contribution in [0.5, 0.6) is 5.75 Å². The predicted octanol–water partition coefficient (Wildman–Crippen LogP) is 3.89. The van der Waals surface area contributed by atoms with Gasteiger partial charge in [0.2, 0.25) is 0 Å². The SMILES string of the molecule is CCCOc1cc(C)ccc1NCC1CCC=CO1. The Morgan fingerprint density at radius 3 is 3.05 bits per heavy atom. The second-order valence-electron chi connectivity index (χ2n) is 4.94. The van der Waals surface area contributed by atoms with Gasteiger partial charge in [-0.15, -0.1) is 0 Å². The van der Waals surface area contributed by atoms with Crippen molar-refractivity contribution in [1.29, 1.82) is 0 Å². The lowest BCUT2D eigenvalue weighted by Gasteiger charge is -2.21. The van der Waals surface area contributed by atoms with E-state index < -0.39 is 0 Å². The first kappa shape index (κ1) is 13.8. The zero-order valence-corrected chi connectivity index (χ0v) is 11.8. The standard InChI is InChI=1S/C16H23NO2/c1-3-9-19-16-11-13(2)7-8-15(16)17-12-14-6-4-5-10-18-14/h5,7-8,10-11,14,17H,3-4,6,9,12H2,1-2H3. The van der Waals surface area contributed by atoms with Gasteiger partial charge in [-0.2, -0.15) is 0 Å². The minimum atomic E-state index is 0.255. The molecule has 3 heteroatoms. The largest absolute Gasteiger partial charge is 0.497 e. The molecule has 1 unspecified atom stereocenters. The highest BCUT2D eigenvalue weighted by molar-refractivity contribution is 5.57. The molecule has 0 fully saturated rings. The van der Waals surface area contributed by atoms with Crippen molar-refractivity contribution in [3.8, 4) is 5.75 Å². The number of ether oxygens (including phenoxy) is 2. The fraction of sp³-hybridized carbons (Fsp3) is 0.500. The number of hydrogen-bond donors (Lipinski definition) is 1. The van der Waals surface area contributed by atoms with Crippen LogP contribution in [0, 0.1) is 6.92 Å². The molecule has 104 valence electrons. The zero-order valence-electron chi connectivity index (χ0n) is 11.8. The third-order valence-electron chi connectivity index (χ3n) is 3.14. The van der Waals surface area contributed by atoms with Crippen LogP contribution in [0.2, 0.25) is 0 Å². The Morgan fingerprint density at radius 1 is 1.42 bits per heavy atom. The molecule has 0 radical (unpaired) electrons. The van der Waals surface area contributed by atoms with Gasteiger partial charge in [-0.3, -0.25) is 0 Å². The lowest BCUT2D eigenvalue weighted by molar-refractivity contribution is 0.135. The quantitative estimate of drug-likeness (QED) is 0.842. The highest BCUT2D eigenvalue weighted by Gasteiger charge is 2.12. The molecule has 0 bridgehead atoms. The van der Waals surface area contributed by atoms with Crippen LogP contribution in [0.3, 0.4) is 0 Å². The molecule has 0 spiro atoms. The van der Waals surface area contributed by atoms with E-state index in [-0.39, 0.29) is 6.10 Å². The summed E-state index contributed by atoms with van der Waals surface area (Å²) in [6, 6.07) is 6.27. The number of benzene rings is 1. The van der Waals surface area contributed by atoms with Crippen LogP contribution in [-0.4, -0.2) is 19.3 Å². The van der Waals surface area contributed by atoms with Gasteiger partial charge in [0, 0.05) is 0 Å². The van der Waals surface area contributed by atoms with Crippen molar-refractivity contribution >= 4 is 5.69 Å². The maximum absolute atomic E-state index is 5.79. The van der Waals surface area contributed by atoms with Gasteiger partial charge in [0.05, 0.1) is 25.1 Å². The monoisotopic (exact) mass is 261 g/mol. The lowest BCUT2D eigenvalue weighted by Crippen LogP contribution is -2.23. The van der Waals surface area contributed by atoms with E-state index in [2.05, 4.69) is 43.4 Å². The van der Waals surface area contributed by atoms with Crippen molar-refractivity contribution in [3.05, 3.63) is 36.1 Å². The summed E-state index contributed by atoms with van der Waals surface area (Å²) < 4.78 is 11.4. The van der Waals surface area contributed by atoms with Gasteiger partial charge in [0.1, 0.15) is 11.9 Å². The van der Waals surface area contributed by atoms with Crippen LogP contribution in [0.15, 0.2) is 30.5 Å². The highest BCUT2D eigenvalue weighted by atomic mass is 16.5. The van der Waals surface area contributed by atoms with Crippen molar-refractivity contribution in [2.75, 3.05) is 18.5 Å². The average molecular weight is 261 g/mol. The number of allylic oxidation sites excluding steroid dienone is 1. The molecule has 0 saturated heterocycles. The smallest absolute Gasteiger partial charge is 0.142 e. The maximum atomic E-state index is 5.79. The second-order valence-corrected chi connectivity index (χ2v) is 4.94. The second kappa shape index (κ2) is 7.07. The van der Waals surface area contributed by atoms with Crippen molar-refractivity contribution in [3.63, 3.8) is 0 Å². The molecular formula is C16H23NO2. The minimum Gasteiger partial charge on any atom is -0.497 e. The van der Waals surface area contributed by atoms with Gasteiger partial charge >= 0.3 is 0 Å². The summed E-state index contributed by atoms with van der Waals surface area (Å²) in [5.41, 5.74) is 2.27. The summed E-state index contributed by atoms with van der Waals surface area (Å²) in [4.78, 5) is 0. The molecule has 1 aromatic carbocycles. The molecule has 1 aromatic rings. The molecule has 2 rings (SSSR count). The third kappa shape index (κ3) is 4.19. The number of nitrogens with one attached hydrogen (secondary N) is 1. The summed E-state index contributed by atoms with van der Waals surface area (Å²) in [5, 5.41) is 3.44. The first-order chi connectivity index (χ1) is 9.29. The normalized spacial score (nSPS) is 17.9. The molecule has 1 aliphatic rings. The minimum absolute atomic E-state index is 0.255. The third-order valence-corrected chi connectivity index (χ3v) is 3.14. The van der Waals surface area contributed by atoms with Gasteiger partial charge in [-0.1, -0.05) is 13.0 Å². The first-order valence-electron chi connectivity index (χ1n) is 7.07. The predicted molar refractivity (Wildman–Crippen MR) is 78.7 cm³/mol. The Bertz CT molecular complexity index is 429. The number of hydrogen-bond acceptors (Lipinski definition) is 3. The highest BCUT2D eigenvalue weighted by Crippen LogP contribution is 2.26. The van der Waals surface area contributed by atoms with Crippen LogP contribution >= 0.6 is 0 Å². The van der Waals surface area contributed by atoms with Crippen LogP contribution in [-0.2, 0) is 4.74 Å². The summed E-state index contributed by atoms with van der Waals surface area (Å²) in [6.45, 7) is 5.76. The molecule has 0 aromatic heterocycles. The van der Waals surface area contributed by atoms with E-state index >= 15 is 0 Å². The lowest BCUT2D eigenvalue weighted by atomic mass is 10.1. The molecule has 0 saturated carbocycles. The van der Waals surface area contributed by atoms with E-state index in [4.69, 9.17) is 9.47 Å². The van der Waals surface area contributed by atoms with Crippen LogP contribution in [0.1, 0.15) is 31.7 Å². The van der Waals surface area contributed by atoms with E-state index in [9.17, 15) is 0 Å². The summed E-state index contributed by atoms with van der Waals surface area (Å²) in [7, 11) is 0. The summed E-state index contributed by atoms with van der Waals surface area (Å²) >= 11 is 0. The summed E-state index contributed by atoms with van der Waals surface area (Å²) in [5.74, 6) is 0.938. The maximum Gasteiger partial charge on any atom is 0.142 e. The topological polar surface area (TPSA) is 30.5 Å². The van der Waals surface area contributed by atoms with Crippen molar-refractivity contribution < 1.29 is 9.47 Å². The van der Waals surface area contributed by atoms with E-state index in [1.807, 2.05) is 0 Å². The van der Waals surface area contributed by atoms with Crippen molar-refractivity contribution in [1.82, 2.24) is 0 Å². The molecule has 1 heterocycles. The first-order valence-corrected chi connectivity index (χ1v) is 7.07. The van der Waals surface area contributed by atoms with E-state index in [1.54, 1.807) is 6.26 Å².